The fourth-order valence-electron chi connectivity index (χ4n) is 0. The molecule has 5 N–H and O–H groups in total. The third kappa shape index (κ3) is 162. The molecule has 11 heteroatoms. The molecule has 0 saturated heterocycles. The van der Waals surface area contributed by atoms with E-state index in [0.717, 1.165) is 0 Å². The van der Waals surface area contributed by atoms with Crippen molar-refractivity contribution in [1.29, 1.82) is 0 Å². The number of hydrogen-bond acceptors (Lipinski definition) is 3. The molecule has 5 nitrogen and oxygen atoms in total. The van der Waals surface area contributed by atoms with E-state index in [0.29, 0.717) is 0 Å². The Kier molecular flexibility index (Phi) is 101. The van der Waals surface area contributed by atoms with Gasteiger partial charge in [0.05, 0.1) is 0 Å². The van der Waals surface area contributed by atoms with E-state index >= 15 is 0 Å². The summed E-state index contributed by atoms with van der Waals surface area (Å²) in [5.41, 5.74) is 0. The van der Waals surface area contributed by atoms with Gasteiger partial charge in [-0.25, -0.2) is 0 Å². The zero-order chi connectivity index (χ0) is 4.50. The summed E-state index contributed by atoms with van der Waals surface area (Å²) in [7, 11) is 0. The summed E-state index contributed by atoms with van der Waals surface area (Å²) in [6.45, 7) is 0. The van der Waals surface area contributed by atoms with Gasteiger partial charge in [0.2, 0.25) is 0 Å². The van der Waals surface area contributed by atoms with Crippen LogP contribution in [-0.2, 0) is 40.6 Å². The van der Waals surface area contributed by atoms with Gasteiger partial charge in [0, 0.05) is 17.1 Å². The fourth-order valence-corrected chi connectivity index (χ4v) is 0. The van der Waals surface area contributed by atoms with Crippen LogP contribution in [0.25, 0.3) is 0 Å². The molecule has 0 rings (SSSR count). The van der Waals surface area contributed by atoms with E-state index in [2.05, 4.69) is 0 Å². The van der Waals surface area contributed by atoms with Gasteiger partial charge in [-0.15, -0.1) is 37.2 Å². The molecule has 0 aliphatic carbocycles. The summed E-state index contributed by atoms with van der Waals surface area (Å²) in [4.78, 5) is 0. The van der Waals surface area contributed by atoms with Crippen molar-refractivity contribution < 1.29 is 99.5 Å². The molecule has 0 heterocycles. The SMILES string of the molecule is Cl.Cl.Cl.N.[Cu].[K+].[O]=[Mo](=[O])([OH])[OH]. The van der Waals surface area contributed by atoms with E-state index in [1.807, 2.05) is 0 Å². The molecule has 0 amide bonds. The first-order valence-electron chi connectivity index (χ1n) is 0.698. The van der Waals surface area contributed by atoms with Crippen molar-refractivity contribution in [2.75, 3.05) is 0 Å². The summed E-state index contributed by atoms with van der Waals surface area (Å²) in [5.74, 6) is 0. The number of rotatable bonds is 0. The molecule has 0 aliphatic rings. The molecular formula is H8Cl3CuKMoNO4+. The monoisotopic (exact) mass is 391 g/mol. The first-order valence-corrected chi connectivity index (χ1v) is 4.13. The molecule has 11 heavy (non-hydrogen) atoms. The summed E-state index contributed by atoms with van der Waals surface area (Å²) in [6.07, 6.45) is 0. The molecule has 0 unspecified atom stereocenters. The summed E-state index contributed by atoms with van der Waals surface area (Å²) < 4.78 is 32.0. The fraction of sp³-hybridized carbons (Fsp3) is 0. The molecular weight excluding hydrogens is 383 g/mol. The molecule has 0 aromatic rings. The van der Waals surface area contributed by atoms with E-state index in [1.165, 1.54) is 0 Å². The van der Waals surface area contributed by atoms with Crippen molar-refractivity contribution in [1.82, 2.24) is 6.15 Å². The van der Waals surface area contributed by atoms with Crippen molar-refractivity contribution in [2.24, 2.45) is 0 Å². The van der Waals surface area contributed by atoms with Gasteiger partial charge < -0.3 is 6.15 Å². The van der Waals surface area contributed by atoms with Crippen LogP contribution in [0.2, 0.25) is 0 Å². The Balaban J connectivity index is -0.00000000533. The Hall–Kier alpha value is 3.19. The third-order valence-corrected chi connectivity index (χ3v) is 0. The molecule has 0 spiro atoms. The van der Waals surface area contributed by atoms with Gasteiger partial charge in [0.1, 0.15) is 0 Å². The quantitative estimate of drug-likeness (QED) is 0.384. The maximum absolute atomic E-state index is 8.85. The minimum atomic E-state index is -5.52. The Bertz CT molecular complexity index is 109. The van der Waals surface area contributed by atoms with Crippen LogP contribution in [0.4, 0.5) is 0 Å². The van der Waals surface area contributed by atoms with Crippen LogP contribution < -0.4 is 57.5 Å². The minimum absolute atomic E-state index is 0. The molecule has 75 valence electrons. The second-order valence-corrected chi connectivity index (χ2v) is 2.65. The number of halogens is 3. The van der Waals surface area contributed by atoms with Crippen LogP contribution in [0.1, 0.15) is 0 Å². The maximum atomic E-state index is 8.85. The van der Waals surface area contributed by atoms with Gasteiger partial charge in [-0.05, 0) is 0 Å². The van der Waals surface area contributed by atoms with Crippen molar-refractivity contribution in [2.45, 2.75) is 0 Å². The van der Waals surface area contributed by atoms with Gasteiger partial charge in [-0.2, -0.15) is 0 Å². The average molecular weight is 391 g/mol. The van der Waals surface area contributed by atoms with E-state index in [-0.39, 0.29) is 112 Å². The second-order valence-electron chi connectivity index (χ2n) is 0.448. The van der Waals surface area contributed by atoms with Crippen molar-refractivity contribution in [3.63, 3.8) is 0 Å². The molecule has 1 radical (unpaired) electrons. The molecule has 0 bridgehead atoms. The van der Waals surface area contributed by atoms with Crippen LogP contribution >= 0.6 is 37.2 Å². The Morgan fingerprint density at radius 2 is 0.909 bits per heavy atom. The Labute approximate surface area is 140 Å². The average Bonchev–Trinajstić information content (AvgIpc) is 0.722. The first kappa shape index (κ1) is 47.7. The van der Waals surface area contributed by atoms with Crippen LogP contribution in [0.5, 0.6) is 0 Å². The second kappa shape index (κ2) is 23.2. The molecule has 0 saturated carbocycles. The Morgan fingerprint density at radius 3 is 0.909 bits per heavy atom. The van der Waals surface area contributed by atoms with E-state index in [4.69, 9.17) is 14.3 Å². The summed E-state index contributed by atoms with van der Waals surface area (Å²) >= 11 is -5.52. The van der Waals surface area contributed by atoms with Gasteiger partial charge in [0.15, 0.2) is 0 Å². The summed E-state index contributed by atoms with van der Waals surface area (Å²) in [6, 6.07) is 0. The molecule has 0 aliphatic heterocycles. The van der Waals surface area contributed by atoms with Crippen LogP contribution in [0.3, 0.4) is 0 Å². The van der Waals surface area contributed by atoms with Crippen molar-refractivity contribution >= 4 is 37.2 Å². The zero-order valence-corrected chi connectivity index (χ0v) is 13.9. The van der Waals surface area contributed by atoms with Crippen molar-refractivity contribution in [3.8, 4) is 0 Å². The predicted octanol–water partition coefficient (Wildman–Crippen LogP) is -2.93. The van der Waals surface area contributed by atoms with E-state index < -0.39 is 16.7 Å². The molecule has 0 atom stereocenters. The molecule has 0 fully saturated rings. The van der Waals surface area contributed by atoms with Crippen molar-refractivity contribution in [3.05, 3.63) is 0 Å². The van der Waals surface area contributed by atoms with Crippen LogP contribution in [0.15, 0.2) is 0 Å². The predicted molar refractivity (Wildman–Crippen MR) is 32.6 cm³/mol. The van der Waals surface area contributed by atoms with E-state index in [9.17, 15) is 0 Å². The van der Waals surface area contributed by atoms with E-state index in [1.54, 1.807) is 0 Å². The van der Waals surface area contributed by atoms with Crippen LogP contribution in [-0.4, -0.2) is 7.52 Å². The van der Waals surface area contributed by atoms with Gasteiger partial charge in [-0.3, -0.25) is 0 Å². The number of hydrogen-bond donors (Lipinski definition) is 3. The zero-order valence-electron chi connectivity index (χ0n) is 5.35. The van der Waals surface area contributed by atoms with Crippen LogP contribution in [0, 0.1) is 0 Å². The molecule has 0 aromatic carbocycles. The third-order valence-electron chi connectivity index (χ3n) is 0. The summed E-state index contributed by atoms with van der Waals surface area (Å²) in [5, 5.41) is 0. The van der Waals surface area contributed by atoms with Gasteiger partial charge in [0.25, 0.3) is 0 Å². The molecule has 0 aromatic heterocycles. The van der Waals surface area contributed by atoms with Gasteiger partial charge >= 0.3 is 82.4 Å². The standard InChI is InChI=1S/3ClH.Cu.K.Mo.H3N.2H2O.2O/h3*1H;;;;1H3;2*1H2;;/q;;;;+1;+2;;;;;/p-2. The normalized spacial score (nSPS) is 5.27. The van der Waals surface area contributed by atoms with Gasteiger partial charge in [-0.1, -0.05) is 0 Å². The first-order chi connectivity index (χ1) is 2.00. The topological polar surface area (TPSA) is 110 Å². The Morgan fingerprint density at radius 1 is 0.909 bits per heavy atom.